The highest BCUT2D eigenvalue weighted by atomic mass is 16.5. The summed E-state index contributed by atoms with van der Waals surface area (Å²) in [6.45, 7) is 6.30. The molecule has 0 saturated carbocycles. The molecule has 0 radical (unpaired) electrons. The lowest BCUT2D eigenvalue weighted by molar-refractivity contribution is 0.0773. The third-order valence-corrected chi connectivity index (χ3v) is 5.22. The normalized spacial score (nSPS) is 15.8. The summed E-state index contributed by atoms with van der Waals surface area (Å²) in [7, 11) is 3.31. The molecule has 1 atom stereocenters. The molecule has 1 aliphatic heterocycles. The van der Waals surface area contributed by atoms with E-state index in [2.05, 4.69) is 17.4 Å². The van der Waals surface area contributed by atoms with Crippen LogP contribution in [0.15, 0.2) is 36.4 Å². The first-order valence-corrected chi connectivity index (χ1v) is 9.50. The predicted molar refractivity (Wildman–Crippen MR) is 107 cm³/mol. The van der Waals surface area contributed by atoms with Gasteiger partial charge in [0.2, 0.25) is 0 Å². The number of amides is 1. The molecule has 5 heteroatoms. The maximum Gasteiger partial charge on any atom is 0.253 e. The van der Waals surface area contributed by atoms with Crippen LogP contribution in [0.4, 0.5) is 0 Å². The van der Waals surface area contributed by atoms with E-state index in [-0.39, 0.29) is 11.9 Å². The number of carbonyl (C=O) groups excluding carboxylic acids is 1. The van der Waals surface area contributed by atoms with Gasteiger partial charge < -0.3 is 19.7 Å². The molecular weight excluding hydrogens is 340 g/mol. The average Bonchev–Trinajstić information content (AvgIpc) is 2.73. The second-order valence-corrected chi connectivity index (χ2v) is 6.65. The van der Waals surface area contributed by atoms with Gasteiger partial charge in [0, 0.05) is 25.2 Å². The zero-order chi connectivity index (χ0) is 19.4. The summed E-state index contributed by atoms with van der Waals surface area (Å²) in [6.07, 6.45) is 0.935. The standard InChI is InChI=1S/C22H28N2O3/c1-5-24(6-2)22(25)17-9-7-8-16(12-17)21-18-14-20(27-4)19(26-3)13-15(18)10-11-23-21/h7-9,12-14,21,23H,5-6,10-11H2,1-4H3. The molecule has 3 rings (SSSR count). The molecule has 1 unspecified atom stereocenters. The van der Waals surface area contributed by atoms with Crippen LogP contribution in [-0.4, -0.2) is 44.7 Å². The zero-order valence-corrected chi connectivity index (χ0v) is 16.5. The number of methoxy groups -OCH3 is 2. The second-order valence-electron chi connectivity index (χ2n) is 6.65. The largest absolute Gasteiger partial charge is 0.493 e. The molecule has 0 bridgehead atoms. The van der Waals surface area contributed by atoms with E-state index in [4.69, 9.17) is 9.47 Å². The van der Waals surface area contributed by atoms with Crippen molar-refractivity contribution in [2.24, 2.45) is 0 Å². The van der Waals surface area contributed by atoms with Gasteiger partial charge in [-0.2, -0.15) is 0 Å². The van der Waals surface area contributed by atoms with E-state index < -0.39 is 0 Å². The van der Waals surface area contributed by atoms with E-state index in [0.717, 1.165) is 35.6 Å². The minimum absolute atomic E-state index is 0.0259. The number of rotatable bonds is 6. The van der Waals surface area contributed by atoms with Crippen molar-refractivity contribution in [2.75, 3.05) is 33.9 Å². The SMILES string of the molecule is CCN(CC)C(=O)c1cccc(C2NCCc3cc(OC)c(OC)cc32)c1. The van der Waals surface area contributed by atoms with Crippen molar-refractivity contribution in [3.63, 3.8) is 0 Å². The Balaban J connectivity index is 1.99. The fraction of sp³-hybridized carbons (Fsp3) is 0.409. The molecule has 144 valence electrons. The number of nitrogens with one attached hydrogen (secondary N) is 1. The summed E-state index contributed by atoms with van der Waals surface area (Å²) in [6, 6.07) is 12.1. The third kappa shape index (κ3) is 3.78. The molecule has 0 spiro atoms. The number of ether oxygens (including phenoxy) is 2. The van der Waals surface area contributed by atoms with Gasteiger partial charge in [0.1, 0.15) is 0 Å². The van der Waals surface area contributed by atoms with Crippen molar-refractivity contribution in [3.8, 4) is 11.5 Å². The van der Waals surface area contributed by atoms with E-state index >= 15 is 0 Å². The van der Waals surface area contributed by atoms with Crippen molar-refractivity contribution in [3.05, 3.63) is 58.7 Å². The molecule has 27 heavy (non-hydrogen) atoms. The molecule has 5 nitrogen and oxygen atoms in total. The van der Waals surface area contributed by atoms with Crippen molar-refractivity contribution in [1.82, 2.24) is 10.2 Å². The Kier molecular flexibility index (Phi) is 6.01. The molecule has 2 aromatic rings. The molecule has 0 aromatic heterocycles. The fourth-order valence-electron chi connectivity index (χ4n) is 3.73. The van der Waals surface area contributed by atoms with Crippen LogP contribution in [0.2, 0.25) is 0 Å². The number of nitrogens with zero attached hydrogens (tertiary/aromatic N) is 1. The first-order valence-electron chi connectivity index (χ1n) is 9.50. The summed E-state index contributed by atoms with van der Waals surface area (Å²) in [5.41, 5.74) is 4.23. The summed E-state index contributed by atoms with van der Waals surface area (Å²) in [5.74, 6) is 1.55. The van der Waals surface area contributed by atoms with Crippen LogP contribution in [0.5, 0.6) is 11.5 Å². The molecule has 1 aliphatic rings. The van der Waals surface area contributed by atoms with Gasteiger partial charge in [-0.1, -0.05) is 12.1 Å². The maximum absolute atomic E-state index is 12.7. The highest BCUT2D eigenvalue weighted by Gasteiger charge is 2.25. The van der Waals surface area contributed by atoms with Gasteiger partial charge in [-0.3, -0.25) is 4.79 Å². The quantitative estimate of drug-likeness (QED) is 0.849. The Labute approximate surface area is 161 Å². The first kappa shape index (κ1) is 19.2. The van der Waals surface area contributed by atoms with Crippen LogP contribution >= 0.6 is 0 Å². The summed E-state index contributed by atoms with van der Waals surface area (Å²) in [4.78, 5) is 14.6. The Morgan fingerprint density at radius 3 is 2.48 bits per heavy atom. The third-order valence-electron chi connectivity index (χ3n) is 5.22. The number of fused-ring (bicyclic) bond motifs is 1. The number of benzene rings is 2. The van der Waals surface area contributed by atoms with Gasteiger partial charge in [0.25, 0.3) is 5.91 Å². The minimum atomic E-state index is 0.0259. The first-order chi connectivity index (χ1) is 13.1. The zero-order valence-electron chi connectivity index (χ0n) is 16.5. The van der Waals surface area contributed by atoms with E-state index in [9.17, 15) is 4.79 Å². The number of hydrogen-bond donors (Lipinski definition) is 1. The summed E-state index contributed by atoms with van der Waals surface area (Å²) >= 11 is 0. The lowest BCUT2D eigenvalue weighted by atomic mass is 9.88. The molecule has 0 saturated heterocycles. The molecule has 1 N–H and O–H groups in total. The molecule has 1 amide bonds. The average molecular weight is 368 g/mol. The van der Waals surface area contributed by atoms with Crippen LogP contribution in [-0.2, 0) is 6.42 Å². The van der Waals surface area contributed by atoms with Crippen molar-refractivity contribution >= 4 is 5.91 Å². The molecule has 0 aliphatic carbocycles. The van der Waals surface area contributed by atoms with E-state index in [1.54, 1.807) is 14.2 Å². The smallest absolute Gasteiger partial charge is 0.253 e. The number of hydrogen-bond acceptors (Lipinski definition) is 4. The van der Waals surface area contributed by atoms with Crippen molar-refractivity contribution in [2.45, 2.75) is 26.3 Å². The molecule has 1 heterocycles. The Morgan fingerprint density at radius 2 is 1.81 bits per heavy atom. The minimum Gasteiger partial charge on any atom is -0.493 e. The molecule has 2 aromatic carbocycles. The molecule has 0 fully saturated rings. The molecular formula is C22H28N2O3. The van der Waals surface area contributed by atoms with Crippen LogP contribution < -0.4 is 14.8 Å². The van der Waals surface area contributed by atoms with Gasteiger partial charge >= 0.3 is 0 Å². The summed E-state index contributed by atoms with van der Waals surface area (Å²) < 4.78 is 10.9. The van der Waals surface area contributed by atoms with Gasteiger partial charge in [0.05, 0.1) is 20.3 Å². The highest BCUT2D eigenvalue weighted by molar-refractivity contribution is 5.94. The van der Waals surface area contributed by atoms with Gasteiger partial charge in [0.15, 0.2) is 11.5 Å². The lowest BCUT2D eigenvalue weighted by Crippen LogP contribution is -2.32. The van der Waals surface area contributed by atoms with Crippen LogP contribution in [0.25, 0.3) is 0 Å². The van der Waals surface area contributed by atoms with E-state index in [1.807, 2.05) is 43.0 Å². The van der Waals surface area contributed by atoms with E-state index in [1.165, 1.54) is 11.1 Å². The number of carbonyl (C=O) groups is 1. The van der Waals surface area contributed by atoms with Crippen LogP contribution in [0.3, 0.4) is 0 Å². The lowest BCUT2D eigenvalue weighted by Gasteiger charge is -2.29. The second kappa shape index (κ2) is 8.44. The predicted octanol–water partition coefficient (Wildman–Crippen LogP) is 3.42. The van der Waals surface area contributed by atoms with Crippen molar-refractivity contribution < 1.29 is 14.3 Å². The fourth-order valence-corrected chi connectivity index (χ4v) is 3.73. The van der Waals surface area contributed by atoms with E-state index in [0.29, 0.717) is 13.1 Å². The van der Waals surface area contributed by atoms with Gasteiger partial charge in [-0.25, -0.2) is 0 Å². The van der Waals surface area contributed by atoms with Crippen LogP contribution in [0.1, 0.15) is 46.9 Å². The Bertz CT molecular complexity index is 815. The summed E-state index contributed by atoms with van der Waals surface area (Å²) in [5, 5.41) is 3.58. The highest BCUT2D eigenvalue weighted by Crippen LogP contribution is 2.37. The topological polar surface area (TPSA) is 50.8 Å². The van der Waals surface area contributed by atoms with Crippen LogP contribution in [0, 0.1) is 0 Å². The van der Waals surface area contributed by atoms with Gasteiger partial charge in [-0.15, -0.1) is 0 Å². The Morgan fingerprint density at radius 1 is 1.11 bits per heavy atom. The van der Waals surface area contributed by atoms with Crippen molar-refractivity contribution in [1.29, 1.82) is 0 Å². The Hall–Kier alpha value is -2.53. The monoisotopic (exact) mass is 368 g/mol. The van der Waals surface area contributed by atoms with Gasteiger partial charge in [-0.05, 0) is 61.2 Å². The maximum atomic E-state index is 12.7.